The van der Waals surface area contributed by atoms with Gasteiger partial charge < -0.3 is 14.2 Å². The van der Waals surface area contributed by atoms with Crippen LogP contribution in [0.15, 0.2) is 97.2 Å². The van der Waals surface area contributed by atoms with E-state index in [-0.39, 0.29) is 37.5 Å². The van der Waals surface area contributed by atoms with Crippen LogP contribution in [0.25, 0.3) is 0 Å². The van der Waals surface area contributed by atoms with E-state index in [2.05, 4.69) is 112 Å². The first kappa shape index (κ1) is 76.3. The summed E-state index contributed by atoms with van der Waals surface area (Å²) in [6.07, 6.45) is 91.6. The Kier molecular flexibility index (Phi) is 64.7. The molecule has 1 unspecified atom stereocenters. The summed E-state index contributed by atoms with van der Waals surface area (Å²) in [5, 5.41) is 0. The van der Waals surface area contributed by atoms with Crippen molar-refractivity contribution < 1.29 is 28.6 Å². The molecule has 0 amide bonds. The number of carbonyl (C=O) groups is 3. The molecule has 0 saturated carbocycles. The maximum absolute atomic E-state index is 12.9. The van der Waals surface area contributed by atoms with Crippen molar-refractivity contribution in [2.24, 2.45) is 0 Å². The molecular formula is C74H128O6. The lowest BCUT2D eigenvalue weighted by molar-refractivity contribution is -0.166. The predicted octanol–water partition coefficient (Wildman–Crippen LogP) is 23.6. The Balaban J connectivity index is 4.32. The van der Waals surface area contributed by atoms with Gasteiger partial charge in [-0.1, -0.05) is 323 Å². The van der Waals surface area contributed by atoms with Crippen LogP contribution < -0.4 is 0 Å². The second-order valence-corrected chi connectivity index (χ2v) is 22.7. The van der Waals surface area contributed by atoms with Gasteiger partial charge in [-0.15, -0.1) is 0 Å². The van der Waals surface area contributed by atoms with Crippen LogP contribution >= 0.6 is 0 Å². The Hall–Kier alpha value is -3.67. The molecule has 1 atom stereocenters. The summed E-state index contributed by atoms with van der Waals surface area (Å²) in [7, 11) is 0. The van der Waals surface area contributed by atoms with E-state index in [0.717, 1.165) is 83.5 Å². The van der Waals surface area contributed by atoms with E-state index in [1.807, 2.05) is 6.08 Å². The first-order chi connectivity index (χ1) is 39.5. The fourth-order valence-corrected chi connectivity index (χ4v) is 9.74. The van der Waals surface area contributed by atoms with Crippen molar-refractivity contribution in [3.8, 4) is 0 Å². The van der Waals surface area contributed by atoms with E-state index in [4.69, 9.17) is 14.2 Å². The molecule has 0 aliphatic rings. The van der Waals surface area contributed by atoms with Crippen LogP contribution in [-0.2, 0) is 28.6 Å². The van der Waals surface area contributed by atoms with E-state index in [1.54, 1.807) is 0 Å². The quantitative estimate of drug-likeness (QED) is 0.0261. The summed E-state index contributed by atoms with van der Waals surface area (Å²) in [6.45, 7) is 6.49. The number of hydrogen-bond acceptors (Lipinski definition) is 6. The second-order valence-electron chi connectivity index (χ2n) is 22.7. The number of hydrogen-bond donors (Lipinski definition) is 0. The van der Waals surface area contributed by atoms with Gasteiger partial charge in [0.15, 0.2) is 6.10 Å². The summed E-state index contributed by atoms with van der Waals surface area (Å²) in [5.41, 5.74) is 0. The SMILES string of the molecule is CC/C=C\C/C=C\C/C=C\C/C=C\C/C=C\C/C=C\CCC(=O)OC(COC(=O)CCCCCCCCCCCCCCCC)COC(=O)CCCCCCCCCCCCCCCCCCC/C=C\C/C=C\CCCCCCC. The molecule has 0 bridgehead atoms. The Morgan fingerprint density at radius 2 is 0.512 bits per heavy atom. The van der Waals surface area contributed by atoms with Crippen LogP contribution in [0.3, 0.4) is 0 Å². The van der Waals surface area contributed by atoms with Crippen LogP contribution in [0.5, 0.6) is 0 Å². The molecule has 6 heteroatoms. The van der Waals surface area contributed by atoms with Gasteiger partial charge in [-0.2, -0.15) is 0 Å². The van der Waals surface area contributed by atoms with Gasteiger partial charge in [-0.3, -0.25) is 14.4 Å². The van der Waals surface area contributed by atoms with Gasteiger partial charge in [-0.25, -0.2) is 0 Å². The topological polar surface area (TPSA) is 78.9 Å². The monoisotopic (exact) mass is 1110 g/mol. The number of allylic oxidation sites excluding steroid dienone is 16. The van der Waals surface area contributed by atoms with Crippen LogP contribution in [0.2, 0.25) is 0 Å². The van der Waals surface area contributed by atoms with Gasteiger partial charge in [0.1, 0.15) is 13.2 Å². The van der Waals surface area contributed by atoms with Crippen LogP contribution in [0.1, 0.15) is 335 Å². The number of carbonyl (C=O) groups excluding carboxylic acids is 3. The van der Waals surface area contributed by atoms with E-state index in [9.17, 15) is 14.4 Å². The maximum Gasteiger partial charge on any atom is 0.306 e. The highest BCUT2D eigenvalue weighted by Gasteiger charge is 2.19. The molecule has 0 spiro atoms. The average Bonchev–Trinajstić information content (AvgIpc) is 3.46. The molecule has 0 aliphatic carbocycles. The molecule has 0 aliphatic heterocycles. The van der Waals surface area contributed by atoms with E-state index >= 15 is 0 Å². The van der Waals surface area contributed by atoms with Crippen molar-refractivity contribution >= 4 is 17.9 Å². The minimum Gasteiger partial charge on any atom is -0.462 e. The first-order valence-electron chi connectivity index (χ1n) is 34.2. The maximum atomic E-state index is 12.9. The Labute approximate surface area is 496 Å². The van der Waals surface area contributed by atoms with Gasteiger partial charge in [-0.05, 0) is 89.9 Å². The highest BCUT2D eigenvalue weighted by Crippen LogP contribution is 2.17. The average molecular weight is 1110 g/mol. The molecule has 0 aromatic heterocycles. The highest BCUT2D eigenvalue weighted by molar-refractivity contribution is 5.71. The molecule has 0 N–H and O–H groups in total. The normalized spacial score (nSPS) is 12.7. The smallest absolute Gasteiger partial charge is 0.306 e. The lowest BCUT2D eigenvalue weighted by Crippen LogP contribution is -2.30. The summed E-state index contributed by atoms with van der Waals surface area (Å²) >= 11 is 0. The molecule has 0 radical (unpaired) electrons. The van der Waals surface area contributed by atoms with E-state index < -0.39 is 6.10 Å². The number of unbranched alkanes of at least 4 members (excludes halogenated alkanes) is 35. The van der Waals surface area contributed by atoms with E-state index in [0.29, 0.717) is 19.3 Å². The number of rotatable bonds is 62. The summed E-state index contributed by atoms with van der Waals surface area (Å²) in [4.78, 5) is 38.3. The zero-order valence-corrected chi connectivity index (χ0v) is 52.8. The highest BCUT2D eigenvalue weighted by atomic mass is 16.6. The third-order valence-corrected chi connectivity index (χ3v) is 14.8. The number of esters is 3. The lowest BCUT2D eigenvalue weighted by atomic mass is 10.0. The Bertz CT molecular complexity index is 1560. The van der Waals surface area contributed by atoms with Crippen molar-refractivity contribution in [2.45, 2.75) is 341 Å². The standard InChI is InChI=1S/C74H128O6/c1-4-7-10-13-16-19-22-25-28-30-32-33-34-35-36-37-38-39-40-41-43-44-46-49-52-55-58-61-64-67-73(76)79-70-71(69-78-72(75)66-63-60-57-54-51-48-27-24-21-18-15-12-9-6-3)80-74(77)68-65-62-59-56-53-50-47-45-42-31-29-26-23-20-17-14-11-8-5-2/h8,11,17,20,22,25-26,29-30,32,42,45,50,53,59,62,71H,4-7,9-10,12-16,18-19,21,23-24,27-28,31,33-41,43-44,46-49,51-52,54-58,60-61,63-70H2,1-3H3/b11-8-,20-17-,25-22-,29-26-,32-30-,45-42-,53-50-,62-59-. The Morgan fingerprint density at radius 1 is 0.263 bits per heavy atom. The molecule has 0 saturated heterocycles. The first-order valence-corrected chi connectivity index (χ1v) is 34.2. The minimum atomic E-state index is -0.817. The van der Waals surface area contributed by atoms with Gasteiger partial charge in [0, 0.05) is 19.3 Å². The number of ether oxygens (including phenoxy) is 3. The molecular weight excluding hydrogens is 985 g/mol. The molecule has 0 heterocycles. The van der Waals surface area contributed by atoms with Crippen molar-refractivity contribution in [1.29, 1.82) is 0 Å². The van der Waals surface area contributed by atoms with Crippen LogP contribution in [0.4, 0.5) is 0 Å². The molecule has 6 nitrogen and oxygen atoms in total. The van der Waals surface area contributed by atoms with E-state index in [1.165, 1.54) is 205 Å². The molecule has 0 aromatic rings. The summed E-state index contributed by atoms with van der Waals surface area (Å²) in [6, 6.07) is 0. The zero-order chi connectivity index (χ0) is 57.8. The lowest BCUT2D eigenvalue weighted by Gasteiger charge is -2.18. The van der Waals surface area contributed by atoms with Crippen molar-refractivity contribution in [1.82, 2.24) is 0 Å². The van der Waals surface area contributed by atoms with Gasteiger partial charge in [0.2, 0.25) is 0 Å². The third kappa shape index (κ3) is 65.1. The fourth-order valence-electron chi connectivity index (χ4n) is 9.74. The zero-order valence-electron chi connectivity index (χ0n) is 52.8. The molecule has 460 valence electrons. The van der Waals surface area contributed by atoms with Crippen molar-refractivity contribution in [3.05, 3.63) is 97.2 Å². The fraction of sp³-hybridized carbons (Fsp3) is 0.743. The van der Waals surface area contributed by atoms with Gasteiger partial charge >= 0.3 is 17.9 Å². The molecule has 0 rings (SSSR count). The molecule has 0 aromatic carbocycles. The minimum absolute atomic E-state index is 0.104. The summed E-state index contributed by atoms with van der Waals surface area (Å²) < 4.78 is 16.9. The van der Waals surface area contributed by atoms with Gasteiger partial charge in [0.25, 0.3) is 0 Å². The van der Waals surface area contributed by atoms with Crippen molar-refractivity contribution in [2.75, 3.05) is 13.2 Å². The molecule has 80 heavy (non-hydrogen) atoms. The predicted molar refractivity (Wildman–Crippen MR) is 348 cm³/mol. The third-order valence-electron chi connectivity index (χ3n) is 14.8. The largest absolute Gasteiger partial charge is 0.462 e. The van der Waals surface area contributed by atoms with Crippen LogP contribution in [-0.4, -0.2) is 37.2 Å². The summed E-state index contributed by atoms with van der Waals surface area (Å²) in [5.74, 6) is -0.974. The van der Waals surface area contributed by atoms with Crippen LogP contribution in [0, 0.1) is 0 Å². The Morgan fingerprint density at radius 3 is 0.812 bits per heavy atom. The molecule has 0 fully saturated rings. The second kappa shape index (κ2) is 67.8. The van der Waals surface area contributed by atoms with Gasteiger partial charge in [0.05, 0.1) is 0 Å². The van der Waals surface area contributed by atoms with Crippen molar-refractivity contribution in [3.63, 3.8) is 0 Å².